The van der Waals surface area contributed by atoms with Crippen LogP contribution < -0.4 is 10.9 Å². The second kappa shape index (κ2) is 7.63. The largest absolute Gasteiger partial charge is 0.469 e. The minimum atomic E-state index is -1.96. The molecule has 0 saturated carbocycles. The van der Waals surface area contributed by atoms with Crippen LogP contribution in [0.1, 0.15) is 6.42 Å². The predicted molar refractivity (Wildman–Crippen MR) is 107 cm³/mol. The first-order chi connectivity index (χ1) is 14.9. The fourth-order valence-electron chi connectivity index (χ4n) is 3.47. The van der Waals surface area contributed by atoms with Gasteiger partial charge in [0.1, 0.15) is 12.2 Å². The SMILES string of the molecule is COC(=O)CC1(C(=O)OC)Nc2cc(F)ccc2-c2nc(=O)c(-c3ccccc3)nn21. The van der Waals surface area contributed by atoms with Crippen molar-refractivity contribution in [3.8, 4) is 22.6 Å². The summed E-state index contributed by atoms with van der Waals surface area (Å²) < 4.78 is 24.8. The van der Waals surface area contributed by atoms with E-state index in [4.69, 9.17) is 9.47 Å². The van der Waals surface area contributed by atoms with E-state index in [9.17, 15) is 18.8 Å². The minimum absolute atomic E-state index is 0.0206. The number of nitrogens with zero attached hydrogens (tertiary/aromatic N) is 3. The Morgan fingerprint density at radius 3 is 2.55 bits per heavy atom. The molecular formula is C21H17FN4O5. The predicted octanol–water partition coefficient (Wildman–Crippen LogP) is 1.93. The molecule has 1 unspecified atom stereocenters. The van der Waals surface area contributed by atoms with Gasteiger partial charge in [0, 0.05) is 11.1 Å². The Balaban J connectivity index is 2.06. The van der Waals surface area contributed by atoms with Crippen molar-refractivity contribution in [1.82, 2.24) is 14.8 Å². The highest BCUT2D eigenvalue weighted by molar-refractivity contribution is 5.92. The van der Waals surface area contributed by atoms with Crippen LogP contribution in [0.2, 0.25) is 0 Å². The van der Waals surface area contributed by atoms with Gasteiger partial charge in [0.25, 0.3) is 5.56 Å². The topological polar surface area (TPSA) is 112 Å². The second-order valence-electron chi connectivity index (χ2n) is 6.79. The molecule has 4 rings (SSSR count). The van der Waals surface area contributed by atoms with E-state index in [-0.39, 0.29) is 17.2 Å². The number of halogens is 1. The molecule has 0 spiro atoms. The van der Waals surface area contributed by atoms with Crippen molar-refractivity contribution in [2.45, 2.75) is 12.1 Å². The molecule has 2 aromatic carbocycles. The third-order valence-corrected chi connectivity index (χ3v) is 4.93. The monoisotopic (exact) mass is 424 g/mol. The van der Waals surface area contributed by atoms with Crippen LogP contribution in [0, 0.1) is 5.82 Å². The van der Waals surface area contributed by atoms with E-state index in [0.29, 0.717) is 11.1 Å². The Morgan fingerprint density at radius 2 is 1.87 bits per heavy atom. The zero-order valence-electron chi connectivity index (χ0n) is 16.6. The molecule has 0 fully saturated rings. The highest BCUT2D eigenvalue weighted by Gasteiger charge is 2.50. The number of carbonyl (C=O) groups is 2. The minimum Gasteiger partial charge on any atom is -0.469 e. The second-order valence-corrected chi connectivity index (χ2v) is 6.79. The number of ether oxygens (including phenoxy) is 2. The van der Waals surface area contributed by atoms with Gasteiger partial charge in [0.2, 0.25) is 5.66 Å². The van der Waals surface area contributed by atoms with Gasteiger partial charge in [0.15, 0.2) is 11.5 Å². The lowest BCUT2D eigenvalue weighted by Crippen LogP contribution is -2.55. The normalized spacial score (nSPS) is 16.5. The number of carbonyl (C=O) groups excluding carboxylic acids is 2. The number of hydrogen-bond acceptors (Lipinski definition) is 8. The standard InChI is InChI=1S/C21H17FN4O5/c1-30-16(27)11-21(20(29)31-2)24-15-10-13(22)8-9-14(15)18-23-19(28)17(25-26(18)21)12-6-4-3-5-7-12/h3-10,24H,11H2,1-2H3. The maximum atomic E-state index is 13.9. The number of esters is 2. The number of hydrogen-bond donors (Lipinski definition) is 1. The lowest BCUT2D eigenvalue weighted by Gasteiger charge is -2.38. The summed E-state index contributed by atoms with van der Waals surface area (Å²) >= 11 is 0. The summed E-state index contributed by atoms with van der Waals surface area (Å²) in [5.41, 5.74) is -1.69. The van der Waals surface area contributed by atoms with Gasteiger partial charge in [-0.3, -0.25) is 9.59 Å². The van der Waals surface area contributed by atoms with E-state index in [0.717, 1.165) is 25.0 Å². The highest BCUT2D eigenvalue weighted by atomic mass is 19.1. The molecular weight excluding hydrogens is 407 g/mol. The first-order valence-electron chi connectivity index (χ1n) is 9.20. The highest BCUT2D eigenvalue weighted by Crippen LogP contribution is 2.39. The van der Waals surface area contributed by atoms with Crippen molar-refractivity contribution in [1.29, 1.82) is 0 Å². The molecule has 1 N–H and O–H groups in total. The smallest absolute Gasteiger partial charge is 0.355 e. The van der Waals surface area contributed by atoms with Gasteiger partial charge in [-0.05, 0) is 18.2 Å². The summed E-state index contributed by atoms with van der Waals surface area (Å²) in [6, 6.07) is 12.3. The molecule has 1 aromatic heterocycles. The lowest BCUT2D eigenvalue weighted by molar-refractivity contribution is -0.157. The molecule has 9 nitrogen and oxygen atoms in total. The van der Waals surface area contributed by atoms with Crippen LogP contribution >= 0.6 is 0 Å². The van der Waals surface area contributed by atoms with Crippen molar-refractivity contribution < 1.29 is 23.5 Å². The number of benzene rings is 2. The molecule has 1 atom stereocenters. The molecule has 1 aliphatic heterocycles. The van der Waals surface area contributed by atoms with E-state index in [1.165, 1.54) is 12.1 Å². The summed E-state index contributed by atoms with van der Waals surface area (Å²) in [5.74, 6) is -2.27. The first-order valence-corrected chi connectivity index (χ1v) is 9.20. The van der Waals surface area contributed by atoms with Gasteiger partial charge in [0.05, 0.1) is 19.9 Å². The number of rotatable bonds is 4. The molecule has 0 amide bonds. The molecule has 3 aromatic rings. The summed E-state index contributed by atoms with van der Waals surface area (Å²) in [4.78, 5) is 42.2. The number of methoxy groups -OCH3 is 2. The summed E-state index contributed by atoms with van der Waals surface area (Å²) in [7, 11) is 2.30. The lowest BCUT2D eigenvalue weighted by atomic mass is 9.99. The van der Waals surface area contributed by atoms with Crippen molar-refractivity contribution in [3.05, 3.63) is 64.7 Å². The first kappa shape index (κ1) is 20.2. The summed E-state index contributed by atoms with van der Waals surface area (Å²) in [5, 5.41) is 7.26. The van der Waals surface area contributed by atoms with Gasteiger partial charge in [-0.1, -0.05) is 30.3 Å². The Labute approximate surface area is 175 Å². The molecule has 0 aliphatic carbocycles. The number of fused-ring (bicyclic) bond motifs is 3. The molecule has 158 valence electrons. The number of aromatic nitrogens is 3. The molecule has 0 saturated heterocycles. The quantitative estimate of drug-likeness (QED) is 0.633. The number of nitrogens with one attached hydrogen (secondary N) is 1. The van der Waals surface area contributed by atoms with Crippen molar-refractivity contribution >= 4 is 17.6 Å². The van der Waals surface area contributed by atoms with Crippen LogP contribution in [0.25, 0.3) is 22.6 Å². The average Bonchev–Trinajstić information content (AvgIpc) is 2.78. The van der Waals surface area contributed by atoms with Crippen LogP contribution in [0.15, 0.2) is 53.3 Å². The van der Waals surface area contributed by atoms with Crippen LogP contribution in [0.5, 0.6) is 0 Å². The van der Waals surface area contributed by atoms with Crippen LogP contribution in [0.3, 0.4) is 0 Å². The Kier molecular flexibility index (Phi) is 4.97. The Bertz CT molecular complexity index is 1240. The van der Waals surface area contributed by atoms with Crippen molar-refractivity contribution in [2.75, 3.05) is 19.5 Å². The van der Waals surface area contributed by atoms with E-state index < -0.39 is 35.4 Å². The molecule has 31 heavy (non-hydrogen) atoms. The third-order valence-electron chi connectivity index (χ3n) is 4.93. The zero-order chi connectivity index (χ0) is 22.2. The fraction of sp³-hybridized carbons (Fsp3) is 0.190. The van der Waals surface area contributed by atoms with Gasteiger partial charge >= 0.3 is 11.9 Å². The maximum Gasteiger partial charge on any atom is 0.355 e. The summed E-state index contributed by atoms with van der Waals surface area (Å²) in [6.45, 7) is 0. The van der Waals surface area contributed by atoms with Gasteiger partial charge in [-0.25, -0.2) is 13.9 Å². The fourth-order valence-corrected chi connectivity index (χ4v) is 3.47. The molecule has 10 heteroatoms. The maximum absolute atomic E-state index is 13.9. The average molecular weight is 424 g/mol. The van der Waals surface area contributed by atoms with E-state index in [1.54, 1.807) is 30.3 Å². The zero-order valence-corrected chi connectivity index (χ0v) is 16.6. The Hall–Kier alpha value is -4.08. The molecule has 0 radical (unpaired) electrons. The van der Waals surface area contributed by atoms with E-state index in [2.05, 4.69) is 15.4 Å². The number of anilines is 1. The van der Waals surface area contributed by atoms with Crippen LogP contribution in [-0.2, 0) is 24.7 Å². The molecule has 0 bridgehead atoms. The Morgan fingerprint density at radius 1 is 1.13 bits per heavy atom. The molecule has 1 aliphatic rings. The van der Waals surface area contributed by atoms with Crippen molar-refractivity contribution in [3.63, 3.8) is 0 Å². The van der Waals surface area contributed by atoms with E-state index >= 15 is 0 Å². The van der Waals surface area contributed by atoms with Crippen LogP contribution in [0.4, 0.5) is 10.1 Å². The van der Waals surface area contributed by atoms with Gasteiger partial charge in [-0.2, -0.15) is 10.1 Å². The van der Waals surface area contributed by atoms with Gasteiger partial charge < -0.3 is 14.8 Å². The van der Waals surface area contributed by atoms with Crippen LogP contribution in [-0.4, -0.2) is 40.9 Å². The third kappa shape index (κ3) is 3.31. The van der Waals surface area contributed by atoms with Gasteiger partial charge in [-0.15, -0.1) is 0 Å². The summed E-state index contributed by atoms with van der Waals surface area (Å²) in [6.07, 6.45) is -0.551. The van der Waals surface area contributed by atoms with E-state index in [1.807, 2.05) is 0 Å². The molecule has 2 heterocycles. The van der Waals surface area contributed by atoms with Crippen molar-refractivity contribution in [2.24, 2.45) is 0 Å².